The second-order valence-electron chi connectivity index (χ2n) is 5.42. The highest BCUT2D eigenvalue weighted by atomic mass is 16.5. The molecule has 3 aromatic rings. The predicted molar refractivity (Wildman–Crippen MR) is 89.6 cm³/mol. The van der Waals surface area contributed by atoms with Gasteiger partial charge in [-0.15, -0.1) is 0 Å². The van der Waals surface area contributed by atoms with Crippen LogP contribution < -0.4 is 9.47 Å². The third kappa shape index (κ3) is 3.16. The summed E-state index contributed by atoms with van der Waals surface area (Å²) in [4.78, 5) is 0. The summed E-state index contributed by atoms with van der Waals surface area (Å²) in [5.74, 6) is 1.62. The van der Waals surface area contributed by atoms with E-state index in [2.05, 4.69) is 0 Å². The van der Waals surface area contributed by atoms with Crippen LogP contribution in [-0.2, 0) is 6.42 Å². The number of aromatic hydroxyl groups is 2. The Morgan fingerprint density at radius 1 is 0.783 bits per heavy atom. The van der Waals surface area contributed by atoms with Crippen molar-refractivity contribution in [2.75, 3.05) is 14.2 Å². The maximum Gasteiger partial charge on any atom is 0.127 e. The van der Waals surface area contributed by atoms with Gasteiger partial charge >= 0.3 is 0 Å². The Labute approximate surface area is 134 Å². The summed E-state index contributed by atoms with van der Waals surface area (Å²) in [6, 6.07) is 14.5. The Bertz CT molecular complexity index is 833. The van der Waals surface area contributed by atoms with Crippen molar-refractivity contribution >= 4 is 10.8 Å². The number of phenolic OH excluding ortho intramolecular Hbond substituents is 2. The van der Waals surface area contributed by atoms with Gasteiger partial charge in [-0.05, 0) is 47.2 Å². The van der Waals surface area contributed by atoms with E-state index >= 15 is 0 Å². The molecule has 23 heavy (non-hydrogen) atoms. The Hall–Kier alpha value is -2.88. The minimum atomic E-state index is 0.0558. The quantitative estimate of drug-likeness (QED) is 0.768. The lowest BCUT2D eigenvalue weighted by atomic mass is 10.00. The minimum absolute atomic E-state index is 0.0558. The molecule has 0 aliphatic carbocycles. The second kappa shape index (κ2) is 6.08. The van der Waals surface area contributed by atoms with Crippen molar-refractivity contribution in [1.29, 1.82) is 0 Å². The van der Waals surface area contributed by atoms with Crippen LogP contribution in [0.1, 0.15) is 11.1 Å². The van der Waals surface area contributed by atoms with Crippen LogP contribution in [-0.4, -0.2) is 24.4 Å². The number of rotatable bonds is 4. The third-order valence-electron chi connectivity index (χ3n) is 3.80. The van der Waals surface area contributed by atoms with Crippen LogP contribution in [0, 0.1) is 0 Å². The van der Waals surface area contributed by atoms with E-state index in [0.29, 0.717) is 6.42 Å². The second-order valence-corrected chi connectivity index (χ2v) is 5.42. The average molecular weight is 310 g/mol. The fraction of sp³-hybridized carbons (Fsp3) is 0.158. The van der Waals surface area contributed by atoms with Crippen LogP contribution in [0.15, 0.2) is 48.5 Å². The van der Waals surface area contributed by atoms with Crippen LogP contribution in [0.3, 0.4) is 0 Å². The molecule has 4 nitrogen and oxygen atoms in total. The van der Waals surface area contributed by atoms with Gasteiger partial charge in [0.05, 0.1) is 14.2 Å². The van der Waals surface area contributed by atoms with Crippen molar-refractivity contribution in [2.24, 2.45) is 0 Å². The van der Waals surface area contributed by atoms with Crippen LogP contribution in [0.4, 0.5) is 0 Å². The summed E-state index contributed by atoms with van der Waals surface area (Å²) in [6.45, 7) is 0. The Balaban J connectivity index is 1.98. The average Bonchev–Trinajstić information content (AvgIpc) is 2.55. The first-order valence-electron chi connectivity index (χ1n) is 7.25. The molecule has 3 aromatic carbocycles. The van der Waals surface area contributed by atoms with Crippen molar-refractivity contribution in [1.82, 2.24) is 0 Å². The van der Waals surface area contributed by atoms with Crippen LogP contribution in [0.25, 0.3) is 10.8 Å². The monoisotopic (exact) mass is 310 g/mol. The van der Waals surface area contributed by atoms with Gasteiger partial charge in [-0.2, -0.15) is 0 Å². The van der Waals surface area contributed by atoms with Crippen molar-refractivity contribution in [3.63, 3.8) is 0 Å². The van der Waals surface area contributed by atoms with Crippen LogP contribution >= 0.6 is 0 Å². The first-order valence-corrected chi connectivity index (χ1v) is 7.25. The number of methoxy groups -OCH3 is 2. The molecule has 2 N–H and O–H groups in total. The Morgan fingerprint density at radius 3 is 2.13 bits per heavy atom. The predicted octanol–water partition coefficient (Wildman–Crippen LogP) is 3.86. The molecule has 0 aliphatic rings. The fourth-order valence-electron chi connectivity index (χ4n) is 2.68. The highest BCUT2D eigenvalue weighted by Gasteiger charge is 2.07. The van der Waals surface area contributed by atoms with Crippen LogP contribution in [0.5, 0.6) is 23.0 Å². The molecule has 118 valence electrons. The molecule has 0 bridgehead atoms. The Morgan fingerprint density at radius 2 is 1.48 bits per heavy atom. The van der Waals surface area contributed by atoms with Gasteiger partial charge in [-0.1, -0.05) is 12.1 Å². The molecule has 0 saturated carbocycles. The molecule has 0 unspecified atom stereocenters. The molecule has 0 spiro atoms. The summed E-state index contributed by atoms with van der Waals surface area (Å²) in [5, 5.41) is 21.1. The van der Waals surface area contributed by atoms with E-state index < -0.39 is 0 Å². The number of hydrogen-bond donors (Lipinski definition) is 2. The first-order chi connectivity index (χ1) is 11.1. The van der Waals surface area contributed by atoms with Gasteiger partial charge in [0.1, 0.15) is 23.0 Å². The topological polar surface area (TPSA) is 58.9 Å². The zero-order chi connectivity index (χ0) is 16.4. The van der Waals surface area contributed by atoms with Crippen molar-refractivity contribution < 1.29 is 19.7 Å². The van der Waals surface area contributed by atoms with Gasteiger partial charge in [0.15, 0.2) is 0 Å². The number of fused-ring (bicyclic) bond motifs is 1. The molecular weight excluding hydrogens is 292 g/mol. The highest BCUT2D eigenvalue weighted by Crippen LogP contribution is 2.31. The summed E-state index contributed by atoms with van der Waals surface area (Å²) < 4.78 is 10.6. The SMILES string of the molecule is COc1cc(Cc2ccc3cc(O)cc(O)c3c2)cc(OC)c1. The van der Waals surface area contributed by atoms with Crippen molar-refractivity contribution in [3.05, 3.63) is 59.7 Å². The molecule has 0 fully saturated rings. The highest BCUT2D eigenvalue weighted by molar-refractivity contribution is 5.90. The lowest BCUT2D eigenvalue weighted by Crippen LogP contribution is -1.93. The van der Waals surface area contributed by atoms with Gasteiger partial charge in [0.25, 0.3) is 0 Å². The molecular formula is C19H18O4. The molecule has 3 rings (SSSR count). The van der Waals surface area contributed by atoms with Gasteiger partial charge in [-0.25, -0.2) is 0 Å². The van der Waals surface area contributed by atoms with Gasteiger partial charge in [0.2, 0.25) is 0 Å². The fourth-order valence-corrected chi connectivity index (χ4v) is 2.68. The van der Waals surface area contributed by atoms with Gasteiger partial charge < -0.3 is 19.7 Å². The summed E-state index contributed by atoms with van der Waals surface area (Å²) in [5.41, 5.74) is 2.10. The molecule has 0 atom stereocenters. The first kappa shape index (κ1) is 15.0. The summed E-state index contributed by atoms with van der Waals surface area (Å²) >= 11 is 0. The van der Waals surface area contributed by atoms with E-state index in [1.807, 2.05) is 36.4 Å². The smallest absolute Gasteiger partial charge is 0.127 e. The maximum atomic E-state index is 10.0. The standard InChI is InChI=1S/C19H18O4/c1-22-16-6-13(7-17(11-16)23-2)5-12-3-4-14-9-15(20)10-19(21)18(14)8-12/h3-4,6-11,20-21H,5H2,1-2H3. The number of benzene rings is 3. The largest absolute Gasteiger partial charge is 0.508 e. The molecule has 0 radical (unpaired) electrons. The van der Waals surface area contributed by atoms with Gasteiger partial charge in [0, 0.05) is 17.5 Å². The zero-order valence-electron chi connectivity index (χ0n) is 13.0. The third-order valence-corrected chi connectivity index (χ3v) is 3.80. The van der Waals surface area contributed by atoms with Crippen molar-refractivity contribution in [3.8, 4) is 23.0 Å². The molecule has 4 heteroatoms. The lowest BCUT2D eigenvalue weighted by molar-refractivity contribution is 0.393. The lowest BCUT2D eigenvalue weighted by Gasteiger charge is -2.10. The van der Waals surface area contributed by atoms with Crippen LogP contribution in [0.2, 0.25) is 0 Å². The molecule has 0 saturated heterocycles. The van der Waals surface area contributed by atoms with E-state index in [-0.39, 0.29) is 11.5 Å². The normalized spacial score (nSPS) is 10.7. The van der Waals surface area contributed by atoms with E-state index in [1.165, 1.54) is 6.07 Å². The maximum absolute atomic E-state index is 10.0. The Kier molecular flexibility index (Phi) is 3.98. The molecule has 0 aromatic heterocycles. The van der Waals surface area contributed by atoms with E-state index in [0.717, 1.165) is 33.4 Å². The van der Waals surface area contributed by atoms with Crippen molar-refractivity contribution in [2.45, 2.75) is 6.42 Å². The molecule has 0 heterocycles. The summed E-state index contributed by atoms with van der Waals surface area (Å²) in [6.07, 6.45) is 0.684. The molecule has 0 aliphatic heterocycles. The van der Waals surface area contributed by atoms with E-state index in [4.69, 9.17) is 9.47 Å². The number of phenols is 2. The summed E-state index contributed by atoms with van der Waals surface area (Å²) in [7, 11) is 3.25. The molecule has 0 amide bonds. The number of hydrogen-bond acceptors (Lipinski definition) is 4. The number of ether oxygens (including phenoxy) is 2. The van der Waals surface area contributed by atoms with E-state index in [9.17, 15) is 10.2 Å². The zero-order valence-corrected chi connectivity index (χ0v) is 13.0. The van der Waals surface area contributed by atoms with Gasteiger partial charge in [-0.3, -0.25) is 0 Å². The van der Waals surface area contributed by atoms with E-state index in [1.54, 1.807) is 20.3 Å². The minimum Gasteiger partial charge on any atom is -0.508 e.